The second-order valence-electron chi connectivity index (χ2n) is 6.22. The van der Waals surface area contributed by atoms with Crippen LogP contribution in [-0.4, -0.2) is 34.8 Å². The molecule has 0 heterocycles. The summed E-state index contributed by atoms with van der Waals surface area (Å²) in [5.41, 5.74) is 0. The van der Waals surface area contributed by atoms with E-state index < -0.39 is 15.9 Å². The molecule has 0 aliphatic rings. The minimum absolute atomic E-state index is 0.557. The zero-order chi connectivity index (χ0) is 19.6. The lowest BCUT2D eigenvalue weighted by atomic mass is 10.4. The van der Waals surface area contributed by atoms with E-state index in [2.05, 4.69) is 0 Å². The van der Waals surface area contributed by atoms with Crippen LogP contribution < -0.4 is 10.6 Å². The van der Waals surface area contributed by atoms with Crippen molar-refractivity contribution in [3.63, 3.8) is 0 Å². The lowest BCUT2D eigenvalue weighted by molar-refractivity contribution is 0.0712. The van der Waals surface area contributed by atoms with Gasteiger partial charge in [-0.05, 0) is 27.2 Å². The fourth-order valence-electron chi connectivity index (χ4n) is 3.26. The number of hydrogen-bond acceptors (Lipinski definition) is 4. The van der Waals surface area contributed by atoms with Crippen molar-refractivity contribution >= 4 is 26.6 Å². The molecule has 0 spiro atoms. The zero-order valence-corrected chi connectivity index (χ0v) is 18.5. The maximum absolute atomic E-state index is 14.1. The molecule has 0 aliphatic heterocycles. The molecule has 0 aromatic heterocycles. The van der Waals surface area contributed by atoms with Crippen LogP contribution in [0.4, 0.5) is 0 Å². The van der Waals surface area contributed by atoms with Crippen molar-refractivity contribution in [1.29, 1.82) is 0 Å². The lowest BCUT2D eigenvalue weighted by Gasteiger charge is -2.29. The number of hydrogen-bond donors (Lipinski definition) is 0. The van der Waals surface area contributed by atoms with E-state index >= 15 is 0 Å². The van der Waals surface area contributed by atoms with E-state index in [1.54, 1.807) is 0 Å². The average Bonchev–Trinajstić information content (AvgIpc) is 2.70. The van der Waals surface area contributed by atoms with Crippen molar-refractivity contribution in [3.8, 4) is 0 Å². The Kier molecular flexibility index (Phi) is 8.94. The van der Waals surface area contributed by atoms with Gasteiger partial charge in [0.05, 0.1) is 0 Å². The first-order valence-electron chi connectivity index (χ1n) is 9.72. The van der Waals surface area contributed by atoms with Crippen molar-refractivity contribution in [1.82, 2.24) is 0 Å². The molecule has 27 heavy (non-hydrogen) atoms. The van der Waals surface area contributed by atoms with Crippen molar-refractivity contribution < 1.29 is 17.8 Å². The van der Waals surface area contributed by atoms with Gasteiger partial charge in [0.25, 0.3) is 0 Å². The summed E-state index contributed by atoms with van der Waals surface area (Å²) in [6.45, 7) is 7.54. The molecule has 0 radical (unpaired) electrons. The van der Waals surface area contributed by atoms with Gasteiger partial charge in [-0.1, -0.05) is 60.7 Å². The summed E-state index contributed by atoms with van der Waals surface area (Å²) < 4.78 is 31.9. The molecular formula is C21H31O4PSi. The standard InChI is InChI=1S/C21H31O4PSi/c1-4-23-27(24-5-2,25-6-3)19-13-18-26(22,20-14-9-7-10-15-20)21-16-11-8-12-17-21/h7-12,14-17H,4-6,13,18-19H2,1-3H3. The molecule has 2 aromatic carbocycles. The van der Waals surface area contributed by atoms with Crippen LogP contribution in [0, 0.1) is 0 Å². The summed E-state index contributed by atoms with van der Waals surface area (Å²) in [4.78, 5) is 0. The van der Waals surface area contributed by atoms with Crippen LogP contribution >= 0.6 is 7.14 Å². The molecule has 2 aromatic rings. The predicted octanol–water partition coefficient (Wildman–Crippen LogP) is 4.44. The maximum Gasteiger partial charge on any atom is 0.500 e. The SMILES string of the molecule is CCO[Si](CCCP(=O)(c1ccccc1)c1ccccc1)(OCC)OCC. The van der Waals surface area contributed by atoms with E-state index in [1.165, 1.54) is 0 Å². The zero-order valence-electron chi connectivity index (χ0n) is 16.6. The molecule has 0 saturated carbocycles. The van der Waals surface area contributed by atoms with Gasteiger partial charge in [-0.25, -0.2) is 0 Å². The smallest absolute Gasteiger partial charge is 0.374 e. The Bertz CT molecular complexity index is 648. The Hall–Kier alpha value is -1.23. The normalized spacial score (nSPS) is 12.3. The largest absolute Gasteiger partial charge is 0.500 e. The quantitative estimate of drug-likeness (QED) is 0.386. The van der Waals surface area contributed by atoms with Crippen molar-refractivity contribution in [3.05, 3.63) is 60.7 Å². The van der Waals surface area contributed by atoms with Crippen LogP contribution in [0.3, 0.4) is 0 Å². The van der Waals surface area contributed by atoms with Crippen LogP contribution in [0.1, 0.15) is 27.2 Å². The highest BCUT2D eigenvalue weighted by molar-refractivity contribution is 7.78. The highest BCUT2D eigenvalue weighted by Gasteiger charge is 2.40. The van der Waals surface area contributed by atoms with Gasteiger partial charge in [0.2, 0.25) is 0 Å². The Morgan fingerprint density at radius 2 is 1.15 bits per heavy atom. The summed E-state index contributed by atoms with van der Waals surface area (Å²) in [5, 5.41) is 1.79. The van der Waals surface area contributed by atoms with Crippen LogP contribution in [-0.2, 0) is 17.8 Å². The second-order valence-corrected chi connectivity index (χ2v) is 11.9. The van der Waals surface area contributed by atoms with Crippen molar-refractivity contribution in [2.24, 2.45) is 0 Å². The topological polar surface area (TPSA) is 44.8 Å². The molecule has 6 heteroatoms. The monoisotopic (exact) mass is 406 g/mol. The second kappa shape index (κ2) is 10.9. The van der Waals surface area contributed by atoms with E-state index in [0.717, 1.165) is 17.0 Å². The summed E-state index contributed by atoms with van der Waals surface area (Å²) in [5.74, 6) is 0. The lowest BCUT2D eigenvalue weighted by Crippen LogP contribution is -2.46. The van der Waals surface area contributed by atoms with E-state index in [4.69, 9.17) is 13.3 Å². The van der Waals surface area contributed by atoms with Gasteiger partial charge < -0.3 is 17.8 Å². The molecule has 0 N–H and O–H groups in total. The van der Waals surface area contributed by atoms with E-state index in [-0.39, 0.29) is 0 Å². The van der Waals surface area contributed by atoms with Gasteiger partial charge >= 0.3 is 8.80 Å². The van der Waals surface area contributed by atoms with Gasteiger partial charge in [0.15, 0.2) is 0 Å². The fraction of sp³-hybridized carbons (Fsp3) is 0.429. The summed E-state index contributed by atoms with van der Waals surface area (Å²) in [6, 6.07) is 20.2. The maximum atomic E-state index is 14.1. The first-order chi connectivity index (χ1) is 13.1. The van der Waals surface area contributed by atoms with Crippen LogP contribution in [0.15, 0.2) is 60.7 Å². The van der Waals surface area contributed by atoms with Crippen LogP contribution in [0.25, 0.3) is 0 Å². The molecule has 148 valence electrons. The van der Waals surface area contributed by atoms with Gasteiger partial charge in [-0.15, -0.1) is 0 Å². The van der Waals surface area contributed by atoms with Gasteiger partial charge in [0, 0.05) is 42.6 Å². The summed E-state index contributed by atoms with van der Waals surface area (Å²) in [6.07, 6.45) is 1.30. The van der Waals surface area contributed by atoms with Crippen LogP contribution in [0.2, 0.25) is 6.04 Å². The predicted molar refractivity (Wildman–Crippen MR) is 115 cm³/mol. The van der Waals surface area contributed by atoms with E-state index in [9.17, 15) is 4.57 Å². The van der Waals surface area contributed by atoms with Crippen LogP contribution in [0.5, 0.6) is 0 Å². The average molecular weight is 407 g/mol. The molecule has 0 saturated heterocycles. The summed E-state index contributed by atoms with van der Waals surface area (Å²) in [7, 11) is -5.43. The Labute approximate surface area is 164 Å². The Balaban J connectivity index is 2.22. The van der Waals surface area contributed by atoms with Crippen molar-refractivity contribution in [2.75, 3.05) is 26.0 Å². The molecule has 2 rings (SSSR count). The van der Waals surface area contributed by atoms with Gasteiger partial charge in [-0.2, -0.15) is 0 Å². The third-order valence-corrected chi connectivity index (χ3v) is 10.8. The third-order valence-electron chi connectivity index (χ3n) is 4.40. The molecule has 0 fully saturated rings. The molecule has 0 unspecified atom stereocenters. The van der Waals surface area contributed by atoms with E-state index in [0.29, 0.717) is 32.0 Å². The Morgan fingerprint density at radius 1 is 0.741 bits per heavy atom. The van der Waals surface area contributed by atoms with Crippen molar-refractivity contribution in [2.45, 2.75) is 33.2 Å². The minimum atomic E-state index is -2.72. The molecule has 0 bridgehead atoms. The third kappa shape index (κ3) is 5.87. The summed E-state index contributed by atoms with van der Waals surface area (Å²) >= 11 is 0. The molecule has 0 amide bonds. The van der Waals surface area contributed by atoms with Gasteiger partial charge in [-0.3, -0.25) is 0 Å². The number of rotatable bonds is 12. The highest BCUT2D eigenvalue weighted by Crippen LogP contribution is 2.44. The molecular weight excluding hydrogens is 375 g/mol. The first-order valence-corrected chi connectivity index (χ1v) is 13.5. The number of benzene rings is 2. The molecule has 0 aliphatic carbocycles. The molecule has 0 atom stereocenters. The highest BCUT2D eigenvalue weighted by atomic mass is 31.2. The Morgan fingerprint density at radius 3 is 1.52 bits per heavy atom. The fourth-order valence-corrected chi connectivity index (χ4v) is 8.90. The first kappa shape index (κ1) is 22.1. The van der Waals surface area contributed by atoms with Gasteiger partial charge in [0.1, 0.15) is 7.14 Å². The van der Waals surface area contributed by atoms with E-state index in [1.807, 2.05) is 81.4 Å². The minimum Gasteiger partial charge on any atom is -0.374 e. The molecule has 4 nitrogen and oxygen atoms in total.